The lowest BCUT2D eigenvalue weighted by Crippen LogP contribution is -2.56. The van der Waals surface area contributed by atoms with Crippen LogP contribution in [0.2, 0.25) is 16.6 Å². The molecule has 4 heteroatoms. The van der Waals surface area contributed by atoms with Crippen molar-refractivity contribution >= 4 is 34.5 Å². The second-order valence-electron chi connectivity index (χ2n) is 5.88. The standard InChI is InChI=1S/C9H21Si4/c1-8(2,3)13(7,12-11-10)9(4,5)6/h1-7H3. The van der Waals surface area contributed by atoms with Gasteiger partial charge < -0.3 is 0 Å². The van der Waals surface area contributed by atoms with Gasteiger partial charge in [0.05, 0.1) is 0 Å². The monoisotopic (exact) mass is 241 g/mol. The van der Waals surface area contributed by atoms with Gasteiger partial charge in [0.15, 0.2) is 0 Å². The third-order valence-electron chi connectivity index (χ3n) is 3.31. The summed E-state index contributed by atoms with van der Waals surface area (Å²) < 4.78 is 0. The van der Waals surface area contributed by atoms with E-state index in [1.54, 1.807) is 0 Å². The highest BCUT2D eigenvalue weighted by Gasteiger charge is 2.47. The number of rotatable bonds is 2. The predicted molar refractivity (Wildman–Crippen MR) is 68.3 cm³/mol. The molecule has 0 aliphatic carbocycles. The van der Waals surface area contributed by atoms with Gasteiger partial charge in [0.1, 0.15) is 0 Å². The van der Waals surface area contributed by atoms with Gasteiger partial charge in [-0.15, -0.1) is 0 Å². The largest absolute Gasteiger partial charge is 0.0710 e. The van der Waals surface area contributed by atoms with Crippen molar-refractivity contribution in [1.29, 1.82) is 0 Å². The van der Waals surface area contributed by atoms with Crippen LogP contribution in [0.3, 0.4) is 0 Å². The molecule has 0 amide bonds. The molecule has 0 spiro atoms. The summed E-state index contributed by atoms with van der Waals surface area (Å²) in [5.41, 5.74) is 0. The Kier molecular flexibility index (Phi) is 4.44. The lowest BCUT2D eigenvalue weighted by molar-refractivity contribution is 0.637. The Hall–Kier alpha value is 0.868. The van der Waals surface area contributed by atoms with E-state index in [2.05, 4.69) is 57.8 Å². The van der Waals surface area contributed by atoms with Gasteiger partial charge in [-0.3, -0.25) is 0 Å². The van der Waals surface area contributed by atoms with Crippen LogP contribution in [0, 0.1) is 0 Å². The zero-order chi connectivity index (χ0) is 10.9. The van der Waals surface area contributed by atoms with E-state index in [0.717, 1.165) is 17.1 Å². The molecular formula is C9H21Si4. The van der Waals surface area contributed by atoms with E-state index in [0.29, 0.717) is 10.1 Å². The quantitative estimate of drug-likeness (QED) is 0.652. The van der Waals surface area contributed by atoms with E-state index in [9.17, 15) is 0 Å². The summed E-state index contributed by atoms with van der Waals surface area (Å²) in [6.07, 6.45) is 0. The number of hydrogen-bond acceptors (Lipinski definition) is 0. The topological polar surface area (TPSA) is 0 Å². The summed E-state index contributed by atoms with van der Waals surface area (Å²) in [5, 5.41) is 1.03. The van der Waals surface area contributed by atoms with Gasteiger partial charge in [0.25, 0.3) is 0 Å². The highest BCUT2D eigenvalue weighted by Crippen LogP contribution is 2.49. The van der Waals surface area contributed by atoms with Crippen molar-refractivity contribution in [3.8, 4) is 0 Å². The Morgan fingerprint density at radius 3 is 1.31 bits per heavy atom. The van der Waals surface area contributed by atoms with Crippen LogP contribution in [0.4, 0.5) is 0 Å². The highest BCUT2D eigenvalue weighted by molar-refractivity contribution is 7.52. The first-order valence-electron chi connectivity index (χ1n) is 4.75. The molecule has 0 atom stereocenters. The summed E-state index contributed by atoms with van der Waals surface area (Å²) >= 11 is 0. The molecule has 0 heterocycles. The molecule has 73 valence electrons. The second-order valence-corrected chi connectivity index (χ2v) is 20.6. The van der Waals surface area contributed by atoms with Crippen LogP contribution >= 0.6 is 0 Å². The third-order valence-corrected chi connectivity index (χ3v) is 25.3. The first-order chi connectivity index (χ1) is 5.56. The fourth-order valence-electron chi connectivity index (χ4n) is 1.62. The van der Waals surface area contributed by atoms with Crippen LogP contribution in [0.25, 0.3) is 0 Å². The maximum Gasteiger partial charge on any atom is 0.0456 e. The van der Waals surface area contributed by atoms with E-state index in [1.807, 2.05) is 0 Å². The van der Waals surface area contributed by atoms with Crippen LogP contribution in [-0.2, 0) is 0 Å². The van der Waals surface area contributed by atoms with Gasteiger partial charge in [-0.05, 0) is 10.1 Å². The van der Waals surface area contributed by atoms with Crippen molar-refractivity contribution < 1.29 is 0 Å². The fraction of sp³-hybridized carbons (Fsp3) is 1.00. The summed E-state index contributed by atoms with van der Waals surface area (Å²) in [5.74, 6) is 0. The van der Waals surface area contributed by atoms with Gasteiger partial charge in [0.2, 0.25) is 0 Å². The molecule has 0 fully saturated rings. The van der Waals surface area contributed by atoms with E-state index < -0.39 is 7.59 Å². The molecule has 0 nitrogen and oxygen atoms in total. The normalized spacial score (nSPS) is 14.8. The Bertz CT molecular complexity index is 149. The zero-order valence-electron chi connectivity index (χ0n) is 10.0. The van der Waals surface area contributed by atoms with Crippen molar-refractivity contribution in [1.82, 2.24) is 0 Å². The highest BCUT2D eigenvalue weighted by atomic mass is 29.7. The van der Waals surface area contributed by atoms with E-state index in [1.165, 1.54) is 0 Å². The van der Waals surface area contributed by atoms with Gasteiger partial charge in [-0.1, -0.05) is 48.1 Å². The minimum absolute atomic E-state index is 0.517. The molecule has 13 heavy (non-hydrogen) atoms. The maximum atomic E-state index is 3.69. The van der Waals surface area contributed by atoms with Gasteiger partial charge in [-0.25, -0.2) is 0 Å². The average molecular weight is 242 g/mol. The SMILES string of the molecule is CC(C)(C)[Si](C)([Si][Si][Si])C(C)(C)C. The van der Waals surface area contributed by atoms with Crippen LogP contribution in [-0.4, -0.2) is 34.5 Å². The molecule has 0 aromatic rings. The summed E-state index contributed by atoms with van der Waals surface area (Å²) in [4.78, 5) is 0. The smallest absolute Gasteiger partial charge is 0.0456 e. The van der Waals surface area contributed by atoms with Crippen molar-refractivity contribution in [2.24, 2.45) is 0 Å². The summed E-state index contributed by atoms with van der Waals surface area (Å²) in [6, 6.07) is 0. The Morgan fingerprint density at radius 2 is 1.23 bits per heavy atom. The van der Waals surface area contributed by atoms with Crippen LogP contribution in [0.5, 0.6) is 0 Å². The van der Waals surface area contributed by atoms with E-state index in [-0.39, 0.29) is 0 Å². The van der Waals surface area contributed by atoms with Gasteiger partial charge in [-0.2, -0.15) is 0 Å². The zero-order valence-corrected chi connectivity index (χ0v) is 14.0. The van der Waals surface area contributed by atoms with Crippen molar-refractivity contribution in [3.05, 3.63) is 0 Å². The number of hydrogen-bond donors (Lipinski definition) is 0. The lowest BCUT2D eigenvalue weighted by Gasteiger charge is -2.50. The van der Waals surface area contributed by atoms with Gasteiger partial charge >= 0.3 is 0 Å². The molecule has 7 radical (unpaired) electrons. The molecule has 0 saturated heterocycles. The molecule has 0 N–H and O–H groups in total. The van der Waals surface area contributed by atoms with Crippen LogP contribution in [0.1, 0.15) is 41.5 Å². The molecule has 0 rings (SSSR count). The minimum Gasteiger partial charge on any atom is -0.0710 e. The molecular weight excluding hydrogens is 220 g/mol. The molecule has 0 bridgehead atoms. The lowest BCUT2D eigenvalue weighted by atomic mass is 10.2. The molecule has 0 aliphatic rings. The fourth-order valence-corrected chi connectivity index (χ4v) is 23.6. The van der Waals surface area contributed by atoms with Crippen LogP contribution < -0.4 is 0 Å². The van der Waals surface area contributed by atoms with Crippen molar-refractivity contribution in [3.63, 3.8) is 0 Å². The molecule has 0 aliphatic heterocycles. The van der Waals surface area contributed by atoms with Crippen LogP contribution in [0.15, 0.2) is 0 Å². The van der Waals surface area contributed by atoms with Gasteiger partial charge in [0, 0.05) is 34.5 Å². The Balaban J connectivity index is 4.96. The van der Waals surface area contributed by atoms with Crippen molar-refractivity contribution in [2.45, 2.75) is 58.2 Å². The first-order valence-corrected chi connectivity index (χ1v) is 12.8. The molecule has 0 aromatic carbocycles. The maximum absolute atomic E-state index is 3.69. The third kappa shape index (κ3) is 2.91. The molecule has 0 unspecified atom stereocenters. The first kappa shape index (κ1) is 13.9. The minimum atomic E-state index is -1.16. The van der Waals surface area contributed by atoms with E-state index >= 15 is 0 Å². The predicted octanol–water partition coefficient (Wildman–Crippen LogP) is 2.57. The average Bonchev–Trinajstić information content (AvgIpc) is 1.82. The summed E-state index contributed by atoms with van der Waals surface area (Å²) in [7, 11) is 4.62. The molecule has 0 aromatic heterocycles. The van der Waals surface area contributed by atoms with Crippen molar-refractivity contribution in [2.75, 3.05) is 0 Å². The Labute approximate surface area is 92.7 Å². The Morgan fingerprint density at radius 1 is 0.923 bits per heavy atom. The molecule has 0 saturated carbocycles. The second kappa shape index (κ2) is 4.16. The summed E-state index contributed by atoms with van der Waals surface area (Å²) in [6.45, 7) is 17.1. The van der Waals surface area contributed by atoms with E-state index in [4.69, 9.17) is 0 Å².